The van der Waals surface area contributed by atoms with Crippen molar-refractivity contribution in [1.29, 1.82) is 0 Å². The number of nitrogens with zero attached hydrogens (tertiary/aromatic N) is 2. The first-order chi connectivity index (χ1) is 9.35. The number of carbonyl (C=O) groups excluding carboxylic acids is 1. The molecular weight excluding hydrogens is 252 g/mol. The van der Waals surface area contributed by atoms with Crippen LogP contribution >= 0.6 is 0 Å². The largest absolute Gasteiger partial charge is 0.443 e. The minimum absolute atomic E-state index is 0.342. The fourth-order valence-corrected chi connectivity index (χ4v) is 2.39. The number of aryl methyl sites for hydroxylation is 1. The van der Waals surface area contributed by atoms with Crippen LogP contribution in [0.1, 0.15) is 50.9 Å². The Bertz CT molecular complexity index is 676. The lowest BCUT2D eigenvalue weighted by Crippen LogP contribution is -2.27. The predicted octanol–water partition coefficient (Wildman–Crippen LogP) is 4.01. The normalized spacial score (nSPS) is 15.6. The highest BCUT2D eigenvalue weighted by atomic mass is 16.6. The smallest absolute Gasteiger partial charge is 0.419 e. The second-order valence-electron chi connectivity index (χ2n) is 6.52. The lowest BCUT2D eigenvalue weighted by molar-refractivity contribution is 0.0541. The van der Waals surface area contributed by atoms with E-state index in [0.29, 0.717) is 5.92 Å². The van der Waals surface area contributed by atoms with Crippen molar-refractivity contribution in [3.05, 3.63) is 29.6 Å². The highest BCUT2D eigenvalue weighted by Crippen LogP contribution is 2.39. The molecule has 1 saturated carbocycles. The van der Waals surface area contributed by atoms with E-state index in [9.17, 15) is 4.79 Å². The molecule has 0 unspecified atom stereocenters. The lowest BCUT2D eigenvalue weighted by Gasteiger charge is -2.20. The third kappa shape index (κ3) is 2.42. The van der Waals surface area contributed by atoms with E-state index in [1.807, 2.05) is 45.9 Å². The van der Waals surface area contributed by atoms with Crippen LogP contribution < -0.4 is 0 Å². The van der Waals surface area contributed by atoms with Crippen LogP contribution in [0.4, 0.5) is 4.79 Å². The molecule has 2 aromatic rings. The maximum Gasteiger partial charge on any atom is 0.419 e. The Kier molecular flexibility index (Phi) is 2.85. The summed E-state index contributed by atoms with van der Waals surface area (Å²) in [6.45, 7) is 7.52. The van der Waals surface area contributed by atoms with Crippen molar-refractivity contribution >= 4 is 17.1 Å². The molecule has 2 aromatic heterocycles. The van der Waals surface area contributed by atoms with Crippen molar-refractivity contribution in [3.8, 4) is 0 Å². The van der Waals surface area contributed by atoms with Gasteiger partial charge < -0.3 is 4.74 Å². The van der Waals surface area contributed by atoms with E-state index in [4.69, 9.17) is 4.74 Å². The van der Waals surface area contributed by atoms with E-state index in [-0.39, 0.29) is 6.09 Å². The number of pyridine rings is 1. The van der Waals surface area contributed by atoms with Gasteiger partial charge in [-0.2, -0.15) is 0 Å². The fourth-order valence-electron chi connectivity index (χ4n) is 2.39. The average Bonchev–Trinajstić information content (AvgIpc) is 3.08. The van der Waals surface area contributed by atoms with Gasteiger partial charge in [-0.1, -0.05) is 0 Å². The number of hydrogen-bond donors (Lipinski definition) is 0. The summed E-state index contributed by atoms with van der Waals surface area (Å²) < 4.78 is 7.06. The van der Waals surface area contributed by atoms with Crippen LogP contribution in [0.5, 0.6) is 0 Å². The molecule has 0 atom stereocenters. The topological polar surface area (TPSA) is 44.1 Å². The van der Waals surface area contributed by atoms with E-state index in [1.54, 1.807) is 4.57 Å². The van der Waals surface area contributed by atoms with E-state index in [1.165, 1.54) is 12.8 Å². The maximum atomic E-state index is 12.3. The van der Waals surface area contributed by atoms with Crippen molar-refractivity contribution in [2.75, 3.05) is 0 Å². The second kappa shape index (κ2) is 4.33. The van der Waals surface area contributed by atoms with E-state index in [0.717, 1.165) is 22.4 Å². The minimum Gasteiger partial charge on any atom is -0.443 e. The average molecular weight is 272 g/mol. The molecule has 1 aliphatic carbocycles. The molecule has 0 amide bonds. The van der Waals surface area contributed by atoms with Crippen LogP contribution in [0, 0.1) is 6.92 Å². The molecule has 2 heterocycles. The molecule has 106 valence electrons. The Morgan fingerprint density at radius 2 is 2.05 bits per heavy atom. The molecule has 0 N–H and O–H groups in total. The van der Waals surface area contributed by atoms with Crippen molar-refractivity contribution in [2.24, 2.45) is 0 Å². The standard InChI is InChI=1S/C16H20N2O2/c1-10-9-13-14(8-7-12(17-13)11-5-6-11)18(10)15(19)20-16(2,3)4/h7-9,11H,5-6H2,1-4H3. The summed E-state index contributed by atoms with van der Waals surface area (Å²) in [5.41, 5.74) is 3.19. The highest BCUT2D eigenvalue weighted by Gasteiger charge is 2.26. The van der Waals surface area contributed by atoms with E-state index in [2.05, 4.69) is 4.98 Å². The van der Waals surface area contributed by atoms with Crippen LogP contribution in [0.25, 0.3) is 11.0 Å². The van der Waals surface area contributed by atoms with Gasteiger partial charge in [-0.3, -0.25) is 4.98 Å². The van der Waals surface area contributed by atoms with Gasteiger partial charge in [0.2, 0.25) is 0 Å². The Labute approximate surface area is 118 Å². The van der Waals surface area contributed by atoms with Gasteiger partial charge in [0.1, 0.15) is 5.60 Å². The fraction of sp³-hybridized carbons (Fsp3) is 0.500. The zero-order valence-corrected chi connectivity index (χ0v) is 12.4. The van der Waals surface area contributed by atoms with E-state index >= 15 is 0 Å². The molecule has 0 spiro atoms. The van der Waals surface area contributed by atoms with Gasteiger partial charge >= 0.3 is 6.09 Å². The first-order valence-electron chi connectivity index (χ1n) is 7.07. The number of carbonyl (C=O) groups is 1. The maximum absolute atomic E-state index is 12.3. The molecule has 3 rings (SSSR count). The van der Waals surface area contributed by atoms with Crippen LogP contribution in [0.2, 0.25) is 0 Å². The lowest BCUT2D eigenvalue weighted by atomic mass is 10.2. The predicted molar refractivity (Wildman–Crippen MR) is 78.1 cm³/mol. The quantitative estimate of drug-likeness (QED) is 0.788. The van der Waals surface area contributed by atoms with Crippen molar-refractivity contribution < 1.29 is 9.53 Å². The summed E-state index contributed by atoms with van der Waals surface area (Å²) in [7, 11) is 0. The Balaban J connectivity index is 2.02. The van der Waals surface area contributed by atoms with Crippen molar-refractivity contribution in [3.63, 3.8) is 0 Å². The minimum atomic E-state index is -0.499. The van der Waals surface area contributed by atoms with Crippen LogP contribution in [-0.2, 0) is 4.74 Å². The number of hydrogen-bond acceptors (Lipinski definition) is 3. The molecular formula is C16H20N2O2. The summed E-state index contributed by atoms with van der Waals surface area (Å²) >= 11 is 0. The highest BCUT2D eigenvalue weighted by molar-refractivity contribution is 5.88. The number of ether oxygens (including phenoxy) is 1. The third-order valence-corrected chi connectivity index (χ3v) is 3.43. The molecule has 1 fully saturated rings. The SMILES string of the molecule is Cc1cc2nc(C3CC3)ccc2n1C(=O)OC(C)(C)C. The third-order valence-electron chi connectivity index (χ3n) is 3.43. The van der Waals surface area contributed by atoms with Gasteiger partial charge in [-0.05, 0) is 58.7 Å². The van der Waals surface area contributed by atoms with Gasteiger partial charge in [0.25, 0.3) is 0 Å². The molecule has 4 nitrogen and oxygen atoms in total. The Morgan fingerprint density at radius 1 is 1.35 bits per heavy atom. The molecule has 1 aliphatic rings. The summed E-state index contributed by atoms with van der Waals surface area (Å²) in [6, 6.07) is 5.96. The molecule has 0 radical (unpaired) electrons. The molecule has 0 bridgehead atoms. The Hall–Kier alpha value is -1.84. The Morgan fingerprint density at radius 3 is 2.65 bits per heavy atom. The molecule has 0 aromatic carbocycles. The number of aromatic nitrogens is 2. The zero-order chi connectivity index (χ0) is 14.5. The van der Waals surface area contributed by atoms with Crippen LogP contribution in [-0.4, -0.2) is 21.2 Å². The molecule has 20 heavy (non-hydrogen) atoms. The van der Waals surface area contributed by atoms with Crippen LogP contribution in [0.15, 0.2) is 18.2 Å². The van der Waals surface area contributed by atoms with Crippen LogP contribution in [0.3, 0.4) is 0 Å². The monoisotopic (exact) mass is 272 g/mol. The summed E-state index contributed by atoms with van der Waals surface area (Å²) in [5.74, 6) is 0.615. The number of fused-ring (bicyclic) bond motifs is 1. The van der Waals surface area contributed by atoms with Crippen molar-refractivity contribution in [2.45, 2.75) is 52.1 Å². The number of rotatable bonds is 1. The van der Waals surface area contributed by atoms with Crippen molar-refractivity contribution in [1.82, 2.24) is 9.55 Å². The van der Waals surface area contributed by atoms with Gasteiger partial charge in [-0.15, -0.1) is 0 Å². The van der Waals surface area contributed by atoms with E-state index < -0.39 is 5.60 Å². The first-order valence-corrected chi connectivity index (χ1v) is 7.07. The molecule has 4 heteroatoms. The molecule has 0 aliphatic heterocycles. The summed E-state index contributed by atoms with van der Waals surface area (Å²) in [5, 5.41) is 0. The summed E-state index contributed by atoms with van der Waals surface area (Å²) in [4.78, 5) is 17.0. The zero-order valence-electron chi connectivity index (χ0n) is 12.4. The first kappa shape index (κ1) is 13.2. The van der Waals surface area contributed by atoms with Gasteiger partial charge in [0.15, 0.2) is 0 Å². The molecule has 0 saturated heterocycles. The van der Waals surface area contributed by atoms with Gasteiger partial charge in [-0.25, -0.2) is 9.36 Å². The summed E-state index contributed by atoms with van der Waals surface area (Å²) in [6.07, 6.45) is 2.11. The van der Waals surface area contributed by atoms with Gasteiger partial charge in [0.05, 0.1) is 11.0 Å². The van der Waals surface area contributed by atoms with Gasteiger partial charge in [0, 0.05) is 17.3 Å². The second-order valence-corrected chi connectivity index (χ2v) is 6.52.